The highest BCUT2D eigenvalue weighted by atomic mass is 16.2. The molecule has 0 bridgehead atoms. The number of allylic oxidation sites excluding steroid dienone is 2. The van der Waals surface area contributed by atoms with E-state index in [4.69, 9.17) is 0 Å². The van der Waals surface area contributed by atoms with Crippen LogP contribution in [0, 0.1) is 0 Å². The predicted molar refractivity (Wildman–Crippen MR) is 124 cm³/mol. The SMILES string of the molecule is CCCCC/C=C/C(=O)NCC[N+](CC)(CC)CCNC(=O)/C=C/CCCCC. The number of carbonyl (C=O) groups is 2. The number of nitrogens with one attached hydrogen (secondary N) is 2. The monoisotopic (exact) mass is 408 g/mol. The van der Waals surface area contributed by atoms with Crippen molar-refractivity contribution in [2.45, 2.75) is 79.1 Å². The van der Waals surface area contributed by atoms with Gasteiger partial charge in [-0.3, -0.25) is 9.59 Å². The van der Waals surface area contributed by atoms with Crippen molar-refractivity contribution in [2.24, 2.45) is 0 Å². The third kappa shape index (κ3) is 15.0. The summed E-state index contributed by atoms with van der Waals surface area (Å²) in [5.41, 5.74) is 0. The number of unbranched alkanes of at least 4 members (excludes halogenated alkanes) is 6. The Morgan fingerprint density at radius 1 is 0.690 bits per heavy atom. The summed E-state index contributed by atoms with van der Waals surface area (Å²) in [4.78, 5) is 23.9. The summed E-state index contributed by atoms with van der Waals surface area (Å²) >= 11 is 0. The maximum absolute atomic E-state index is 11.9. The minimum Gasteiger partial charge on any atom is -0.347 e. The lowest BCUT2D eigenvalue weighted by Crippen LogP contribution is -2.54. The Morgan fingerprint density at radius 3 is 1.45 bits per heavy atom. The third-order valence-electron chi connectivity index (χ3n) is 5.60. The molecule has 168 valence electrons. The quantitative estimate of drug-likeness (QED) is 0.201. The van der Waals surface area contributed by atoms with Crippen molar-refractivity contribution in [3.63, 3.8) is 0 Å². The Labute approximate surface area is 179 Å². The Morgan fingerprint density at radius 2 is 1.10 bits per heavy atom. The van der Waals surface area contributed by atoms with Crippen molar-refractivity contribution < 1.29 is 14.1 Å². The first-order valence-corrected chi connectivity index (χ1v) is 11.8. The first-order chi connectivity index (χ1) is 14.0. The Balaban J connectivity index is 4.19. The summed E-state index contributed by atoms with van der Waals surface area (Å²) in [5.74, 6) is -0.0124. The smallest absolute Gasteiger partial charge is 0.243 e. The molecule has 0 fully saturated rings. The largest absolute Gasteiger partial charge is 0.347 e. The first-order valence-electron chi connectivity index (χ1n) is 11.8. The molecule has 0 aliphatic rings. The third-order valence-corrected chi connectivity index (χ3v) is 5.60. The standard InChI is InChI=1S/C24H45N3O2/c1-5-9-11-13-15-17-23(28)25-19-21-27(7-3,8-4)22-20-26-24(29)18-16-14-12-10-6-2/h15-18H,5-14,19-22H2,1-4H3,(H-,25,26,28,29)/p+1/b17-15+,18-16+. The van der Waals surface area contributed by atoms with Gasteiger partial charge in [-0.05, 0) is 51.7 Å². The van der Waals surface area contributed by atoms with Gasteiger partial charge < -0.3 is 15.1 Å². The number of carbonyl (C=O) groups excluding carboxylic acids is 2. The molecule has 0 unspecified atom stereocenters. The maximum Gasteiger partial charge on any atom is 0.243 e. The fourth-order valence-corrected chi connectivity index (χ4v) is 3.32. The molecular formula is C24H46N3O2+. The Hall–Kier alpha value is -1.62. The lowest BCUT2D eigenvalue weighted by Gasteiger charge is -2.37. The fourth-order valence-electron chi connectivity index (χ4n) is 3.32. The number of quaternary nitrogens is 1. The number of hydrogen-bond acceptors (Lipinski definition) is 2. The molecule has 0 atom stereocenters. The zero-order valence-corrected chi connectivity index (χ0v) is 19.5. The van der Waals surface area contributed by atoms with E-state index in [0.29, 0.717) is 13.1 Å². The van der Waals surface area contributed by atoms with E-state index < -0.39 is 0 Å². The number of nitrogens with zero attached hydrogens (tertiary/aromatic N) is 1. The zero-order valence-electron chi connectivity index (χ0n) is 19.5. The summed E-state index contributed by atoms with van der Waals surface area (Å²) in [6, 6.07) is 0. The van der Waals surface area contributed by atoms with Crippen LogP contribution in [0.15, 0.2) is 24.3 Å². The molecule has 0 aromatic rings. The Kier molecular flexibility index (Phi) is 17.4. The zero-order chi connectivity index (χ0) is 21.8. The molecule has 0 aliphatic heterocycles. The highest BCUT2D eigenvalue weighted by Gasteiger charge is 2.22. The van der Waals surface area contributed by atoms with Crippen molar-refractivity contribution in [1.29, 1.82) is 0 Å². The lowest BCUT2D eigenvalue weighted by molar-refractivity contribution is -0.922. The van der Waals surface area contributed by atoms with Gasteiger partial charge in [0.1, 0.15) is 0 Å². The summed E-state index contributed by atoms with van der Waals surface area (Å²) in [6.07, 6.45) is 16.3. The molecule has 2 amide bonds. The van der Waals surface area contributed by atoms with E-state index in [2.05, 4.69) is 38.3 Å². The molecule has 2 N–H and O–H groups in total. The van der Waals surface area contributed by atoms with E-state index in [9.17, 15) is 9.59 Å². The van der Waals surface area contributed by atoms with Gasteiger partial charge in [0.15, 0.2) is 0 Å². The summed E-state index contributed by atoms with van der Waals surface area (Å²) in [5, 5.41) is 6.00. The number of likely N-dealkylation sites (N-methyl/N-ethyl adjacent to an activating group) is 1. The molecule has 0 aromatic heterocycles. The highest BCUT2D eigenvalue weighted by Crippen LogP contribution is 2.05. The van der Waals surface area contributed by atoms with E-state index in [-0.39, 0.29) is 11.8 Å². The highest BCUT2D eigenvalue weighted by molar-refractivity contribution is 5.87. The fraction of sp³-hybridized carbons (Fsp3) is 0.750. The predicted octanol–water partition coefficient (Wildman–Crippen LogP) is 4.35. The van der Waals surface area contributed by atoms with Crippen LogP contribution in [0.2, 0.25) is 0 Å². The van der Waals surface area contributed by atoms with E-state index >= 15 is 0 Å². The van der Waals surface area contributed by atoms with Crippen LogP contribution in [0.4, 0.5) is 0 Å². The normalized spacial score (nSPS) is 12.0. The molecule has 0 saturated carbocycles. The van der Waals surface area contributed by atoms with Crippen molar-refractivity contribution in [1.82, 2.24) is 10.6 Å². The van der Waals surface area contributed by atoms with Crippen LogP contribution in [0.25, 0.3) is 0 Å². The second kappa shape index (κ2) is 18.4. The van der Waals surface area contributed by atoms with Crippen molar-refractivity contribution in [3.8, 4) is 0 Å². The Bertz CT molecular complexity index is 443. The molecule has 0 radical (unpaired) electrons. The minimum absolute atomic E-state index is 0.00619. The van der Waals surface area contributed by atoms with E-state index in [1.165, 1.54) is 25.7 Å². The average molecular weight is 409 g/mol. The van der Waals surface area contributed by atoms with Gasteiger partial charge in [-0.25, -0.2) is 0 Å². The van der Waals surface area contributed by atoms with Gasteiger partial charge in [0, 0.05) is 0 Å². The van der Waals surface area contributed by atoms with E-state index in [1.807, 2.05) is 12.2 Å². The van der Waals surface area contributed by atoms with Gasteiger partial charge in [0.2, 0.25) is 11.8 Å². The van der Waals surface area contributed by atoms with Gasteiger partial charge in [-0.2, -0.15) is 0 Å². The molecule has 29 heavy (non-hydrogen) atoms. The van der Waals surface area contributed by atoms with Crippen LogP contribution in [0.5, 0.6) is 0 Å². The van der Waals surface area contributed by atoms with Crippen molar-refractivity contribution in [2.75, 3.05) is 39.3 Å². The van der Waals surface area contributed by atoms with Gasteiger partial charge in [0.05, 0.1) is 39.3 Å². The second-order valence-electron chi connectivity index (χ2n) is 7.80. The molecule has 5 heteroatoms. The van der Waals surface area contributed by atoms with Crippen LogP contribution >= 0.6 is 0 Å². The average Bonchev–Trinajstić information content (AvgIpc) is 2.72. The molecule has 0 rings (SSSR count). The number of hydrogen-bond donors (Lipinski definition) is 2. The maximum atomic E-state index is 11.9. The topological polar surface area (TPSA) is 58.2 Å². The number of rotatable bonds is 18. The van der Waals surface area contributed by atoms with Crippen LogP contribution in [-0.2, 0) is 9.59 Å². The van der Waals surface area contributed by atoms with Crippen LogP contribution in [-0.4, -0.2) is 55.6 Å². The van der Waals surface area contributed by atoms with Crippen molar-refractivity contribution in [3.05, 3.63) is 24.3 Å². The van der Waals surface area contributed by atoms with Gasteiger partial charge in [0.25, 0.3) is 0 Å². The van der Waals surface area contributed by atoms with Gasteiger partial charge >= 0.3 is 0 Å². The van der Waals surface area contributed by atoms with Crippen LogP contribution < -0.4 is 10.6 Å². The first kappa shape index (κ1) is 27.4. The molecule has 0 aromatic carbocycles. The van der Waals surface area contributed by atoms with E-state index in [1.54, 1.807) is 12.2 Å². The minimum atomic E-state index is -0.00619. The van der Waals surface area contributed by atoms with Crippen molar-refractivity contribution >= 4 is 11.8 Å². The summed E-state index contributed by atoms with van der Waals surface area (Å²) < 4.78 is 0.890. The van der Waals surface area contributed by atoms with Crippen LogP contribution in [0.3, 0.4) is 0 Å². The van der Waals surface area contributed by atoms with Crippen LogP contribution in [0.1, 0.15) is 79.1 Å². The second-order valence-corrected chi connectivity index (χ2v) is 7.80. The number of amides is 2. The molecule has 0 spiro atoms. The molecule has 0 heterocycles. The molecule has 0 saturated heterocycles. The summed E-state index contributed by atoms with van der Waals surface area (Å²) in [7, 11) is 0. The lowest BCUT2D eigenvalue weighted by atomic mass is 10.2. The molecule has 0 aliphatic carbocycles. The summed E-state index contributed by atoms with van der Waals surface area (Å²) in [6.45, 7) is 13.8. The van der Waals surface area contributed by atoms with Gasteiger partial charge in [-0.15, -0.1) is 0 Å². The molecule has 5 nitrogen and oxygen atoms in total. The molecular weight excluding hydrogens is 362 g/mol. The van der Waals surface area contributed by atoms with E-state index in [0.717, 1.165) is 56.3 Å². The van der Waals surface area contributed by atoms with Gasteiger partial charge in [-0.1, -0.05) is 51.7 Å².